The number of rotatable bonds is 3. The molecular weight excluding hydrogens is 172 g/mol. The molecule has 0 saturated heterocycles. The highest BCUT2D eigenvalue weighted by atomic mass is 16.1. The third kappa shape index (κ3) is 4.08. The molecule has 0 aromatic heterocycles. The Bertz CT molecular complexity index is 234. The molecule has 82 valence electrons. The minimum absolute atomic E-state index is 0.249. The van der Waals surface area contributed by atoms with Crippen molar-refractivity contribution < 1.29 is 4.79 Å². The first kappa shape index (κ1) is 13.4. The van der Waals surface area contributed by atoms with Crippen LogP contribution < -0.4 is 0 Å². The van der Waals surface area contributed by atoms with Crippen molar-refractivity contribution in [2.75, 3.05) is 0 Å². The van der Waals surface area contributed by atoms with E-state index in [2.05, 4.69) is 13.8 Å². The Morgan fingerprint density at radius 2 is 1.57 bits per heavy atom. The van der Waals surface area contributed by atoms with E-state index in [0.717, 1.165) is 12.0 Å². The first-order valence-corrected chi connectivity index (χ1v) is 5.37. The molecule has 0 aromatic carbocycles. The maximum absolute atomic E-state index is 12.1. The summed E-state index contributed by atoms with van der Waals surface area (Å²) in [7, 11) is 0. The van der Waals surface area contributed by atoms with Crippen molar-refractivity contribution in [3.63, 3.8) is 0 Å². The molecule has 0 unspecified atom stereocenters. The van der Waals surface area contributed by atoms with E-state index in [0.29, 0.717) is 11.7 Å². The summed E-state index contributed by atoms with van der Waals surface area (Å²) in [5, 5.41) is 0. The van der Waals surface area contributed by atoms with Gasteiger partial charge < -0.3 is 0 Å². The molecular formula is C13H24O. The highest BCUT2D eigenvalue weighted by Crippen LogP contribution is 2.26. The molecule has 0 aliphatic rings. The van der Waals surface area contributed by atoms with Crippen LogP contribution in [0.1, 0.15) is 54.9 Å². The average molecular weight is 196 g/mol. The second kappa shape index (κ2) is 4.77. The van der Waals surface area contributed by atoms with Crippen LogP contribution in [0.3, 0.4) is 0 Å². The lowest BCUT2D eigenvalue weighted by Crippen LogP contribution is -2.23. The minimum Gasteiger partial charge on any atom is -0.294 e. The summed E-state index contributed by atoms with van der Waals surface area (Å²) in [5.41, 5.74) is 1.94. The molecule has 0 amide bonds. The van der Waals surface area contributed by atoms with Gasteiger partial charge in [0, 0.05) is 5.41 Å². The molecule has 0 fully saturated rings. The summed E-state index contributed by atoms with van der Waals surface area (Å²) in [6.07, 6.45) is 0.901. The predicted octanol–water partition coefficient (Wildman–Crippen LogP) is 3.98. The van der Waals surface area contributed by atoms with E-state index in [-0.39, 0.29) is 5.41 Å². The molecule has 0 aromatic rings. The number of Topliss-reactive ketones (excluding diaryl/α,β-unsaturated/α-hetero) is 1. The van der Waals surface area contributed by atoms with Crippen molar-refractivity contribution in [1.82, 2.24) is 0 Å². The summed E-state index contributed by atoms with van der Waals surface area (Å²) in [6.45, 7) is 14.3. The van der Waals surface area contributed by atoms with E-state index in [1.54, 1.807) is 0 Å². The number of ketones is 1. The van der Waals surface area contributed by atoms with Gasteiger partial charge in [0.15, 0.2) is 5.78 Å². The molecule has 0 N–H and O–H groups in total. The second-order valence-corrected chi connectivity index (χ2v) is 5.66. The Labute approximate surface area is 88.6 Å². The SMILES string of the molecule is CC(C)=C(CC(C)C)C(=O)C(C)(C)C. The summed E-state index contributed by atoms with van der Waals surface area (Å²) < 4.78 is 0. The van der Waals surface area contributed by atoms with Gasteiger partial charge in [0.1, 0.15) is 0 Å². The Morgan fingerprint density at radius 1 is 1.14 bits per heavy atom. The van der Waals surface area contributed by atoms with Crippen LogP contribution in [0.25, 0.3) is 0 Å². The number of hydrogen-bond donors (Lipinski definition) is 0. The van der Waals surface area contributed by atoms with Gasteiger partial charge >= 0.3 is 0 Å². The van der Waals surface area contributed by atoms with Gasteiger partial charge in [0.05, 0.1) is 0 Å². The van der Waals surface area contributed by atoms with Crippen LogP contribution in [0.5, 0.6) is 0 Å². The van der Waals surface area contributed by atoms with Gasteiger partial charge in [-0.15, -0.1) is 0 Å². The van der Waals surface area contributed by atoms with Crippen LogP contribution in [-0.2, 0) is 4.79 Å². The molecule has 0 radical (unpaired) electrons. The van der Waals surface area contributed by atoms with Gasteiger partial charge in [-0.25, -0.2) is 0 Å². The van der Waals surface area contributed by atoms with Gasteiger partial charge in [-0.1, -0.05) is 40.2 Å². The molecule has 0 spiro atoms. The van der Waals surface area contributed by atoms with Crippen LogP contribution in [-0.4, -0.2) is 5.78 Å². The monoisotopic (exact) mass is 196 g/mol. The number of carbonyl (C=O) groups is 1. The quantitative estimate of drug-likeness (QED) is 0.624. The van der Waals surface area contributed by atoms with Crippen molar-refractivity contribution in [3.8, 4) is 0 Å². The fraction of sp³-hybridized carbons (Fsp3) is 0.769. The Kier molecular flexibility index (Phi) is 4.57. The van der Waals surface area contributed by atoms with Gasteiger partial charge in [-0.2, -0.15) is 0 Å². The van der Waals surface area contributed by atoms with Crippen molar-refractivity contribution in [2.45, 2.75) is 54.9 Å². The maximum Gasteiger partial charge on any atom is 0.164 e. The summed E-state index contributed by atoms with van der Waals surface area (Å²) in [6, 6.07) is 0. The molecule has 0 aliphatic carbocycles. The molecule has 0 atom stereocenters. The zero-order chi connectivity index (χ0) is 11.5. The largest absolute Gasteiger partial charge is 0.294 e. The predicted molar refractivity (Wildman–Crippen MR) is 62.3 cm³/mol. The highest BCUT2D eigenvalue weighted by Gasteiger charge is 2.25. The van der Waals surface area contributed by atoms with E-state index < -0.39 is 0 Å². The topological polar surface area (TPSA) is 17.1 Å². The summed E-state index contributed by atoms with van der Waals surface area (Å²) in [4.78, 5) is 12.1. The normalized spacial score (nSPS) is 11.7. The first-order valence-electron chi connectivity index (χ1n) is 5.37. The fourth-order valence-electron chi connectivity index (χ4n) is 1.38. The number of allylic oxidation sites excluding steroid dienone is 2. The maximum atomic E-state index is 12.1. The van der Waals surface area contributed by atoms with Gasteiger partial charge in [-0.3, -0.25) is 4.79 Å². The van der Waals surface area contributed by atoms with E-state index in [1.165, 1.54) is 5.57 Å². The molecule has 0 rings (SSSR count). The Balaban J connectivity index is 4.89. The molecule has 1 heteroatoms. The van der Waals surface area contributed by atoms with Crippen LogP contribution in [0.4, 0.5) is 0 Å². The van der Waals surface area contributed by atoms with Crippen molar-refractivity contribution >= 4 is 5.78 Å². The lowest BCUT2D eigenvalue weighted by Gasteiger charge is -2.21. The summed E-state index contributed by atoms with van der Waals surface area (Å²) >= 11 is 0. The van der Waals surface area contributed by atoms with E-state index >= 15 is 0 Å². The van der Waals surface area contributed by atoms with Crippen molar-refractivity contribution in [1.29, 1.82) is 0 Å². The van der Waals surface area contributed by atoms with E-state index in [4.69, 9.17) is 0 Å². The standard InChI is InChI=1S/C13H24O/c1-9(2)8-11(10(3)4)12(14)13(5,6)7/h9H,8H2,1-7H3. The van der Waals surface area contributed by atoms with Gasteiger partial charge in [0.25, 0.3) is 0 Å². The van der Waals surface area contributed by atoms with Gasteiger partial charge in [-0.05, 0) is 31.8 Å². The third-order valence-corrected chi connectivity index (χ3v) is 2.17. The van der Waals surface area contributed by atoms with E-state index in [9.17, 15) is 4.79 Å². The fourth-order valence-corrected chi connectivity index (χ4v) is 1.38. The number of hydrogen-bond acceptors (Lipinski definition) is 1. The van der Waals surface area contributed by atoms with Crippen LogP contribution >= 0.6 is 0 Å². The number of carbonyl (C=O) groups excluding carboxylic acids is 1. The molecule has 14 heavy (non-hydrogen) atoms. The molecule has 0 aliphatic heterocycles. The second-order valence-electron chi connectivity index (χ2n) is 5.66. The summed E-state index contributed by atoms with van der Waals surface area (Å²) in [5.74, 6) is 0.845. The Hall–Kier alpha value is -0.590. The highest BCUT2D eigenvalue weighted by molar-refractivity contribution is 5.99. The molecule has 0 bridgehead atoms. The zero-order valence-corrected chi connectivity index (χ0v) is 10.7. The lowest BCUT2D eigenvalue weighted by atomic mass is 9.82. The van der Waals surface area contributed by atoms with Gasteiger partial charge in [0.2, 0.25) is 0 Å². The van der Waals surface area contributed by atoms with Crippen molar-refractivity contribution in [3.05, 3.63) is 11.1 Å². The van der Waals surface area contributed by atoms with E-state index in [1.807, 2.05) is 34.6 Å². The molecule has 0 saturated carbocycles. The smallest absolute Gasteiger partial charge is 0.164 e. The van der Waals surface area contributed by atoms with Crippen molar-refractivity contribution in [2.24, 2.45) is 11.3 Å². The molecule has 1 nitrogen and oxygen atoms in total. The van der Waals surface area contributed by atoms with Crippen LogP contribution in [0.15, 0.2) is 11.1 Å². The lowest BCUT2D eigenvalue weighted by molar-refractivity contribution is -0.122. The minimum atomic E-state index is -0.249. The first-order chi connectivity index (χ1) is 6.16. The zero-order valence-electron chi connectivity index (χ0n) is 10.7. The average Bonchev–Trinajstić information content (AvgIpc) is 1.96. The van der Waals surface area contributed by atoms with Crippen LogP contribution in [0, 0.1) is 11.3 Å². The van der Waals surface area contributed by atoms with Crippen LogP contribution in [0.2, 0.25) is 0 Å². The molecule has 0 heterocycles. The third-order valence-electron chi connectivity index (χ3n) is 2.17. The Morgan fingerprint density at radius 3 is 1.79 bits per heavy atom.